The summed E-state index contributed by atoms with van der Waals surface area (Å²) in [5, 5.41) is 11.6. The molecule has 3 aromatic rings. The molecular weight excluding hydrogens is 292 g/mol. The molecule has 0 aliphatic carbocycles. The average molecular weight is 308 g/mol. The minimum absolute atomic E-state index is 0.0363. The third kappa shape index (κ3) is 2.21. The highest BCUT2D eigenvalue weighted by molar-refractivity contribution is 5.94. The maximum atomic E-state index is 12.2. The van der Waals surface area contributed by atoms with Gasteiger partial charge in [0.05, 0.1) is 17.8 Å². The molecule has 0 bridgehead atoms. The van der Waals surface area contributed by atoms with Gasteiger partial charge in [0.1, 0.15) is 18.0 Å². The molecule has 0 spiro atoms. The van der Waals surface area contributed by atoms with E-state index < -0.39 is 0 Å². The lowest BCUT2D eigenvalue weighted by Crippen LogP contribution is -2.26. The molecule has 3 heterocycles. The molecule has 1 unspecified atom stereocenters. The second-order valence-electron chi connectivity index (χ2n) is 5.43. The minimum atomic E-state index is -0.126. The number of aromatic nitrogens is 5. The van der Waals surface area contributed by atoms with Crippen LogP contribution in [0.4, 0.5) is 5.82 Å². The van der Waals surface area contributed by atoms with Crippen LogP contribution in [0.2, 0.25) is 0 Å². The molecule has 1 aliphatic rings. The van der Waals surface area contributed by atoms with Crippen LogP contribution in [0.1, 0.15) is 30.7 Å². The van der Waals surface area contributed by atoms with E-state index in [-0.39, 0.29) is 11.8 Å². The lowest BCUT2D eigenvalue weighted by Gasteiger charge is -2.23. The molecule has 1 aromatic carbocycles. The summed E-state index contributed by atoms with van der Waals surface area (Å²) < 4.78 is 3.58. The van der Waals surface area contributed by atoms with Crippen LogP contribution in [0.5, 0.6) is 0 Å². The van der Waals surface area contributed by atoms with Gasteiger partial charge in [-0.25, -0.2) is 14.3 Å². The van der Waals surface area contributed by atoms with Gasteiger partial charge in [-0.15, -0.1) is 0 Å². The van der Waals surface area contributed by atoms with Crippen LogP contribution >= 0.6 is 0 Å². The highest BCUT2D eigenvalue weighted by atomic mass is 16.1. The number of carbonyl (C=O) groups is 1. The molecule has 1 aliphatic heterocycles. The van der Waals surface area contributed by atoms with E-state index in [1.807, 2.05) is 41.9 Å². The van der Waals surface area contributed by atoms with Gasteiger partial charge in [0, 0.05) is 18.5 Å². The molecule has 0 fully saturated rings. The van der Waals surface area contributed by atoms with E-state index in [0.717, 1.165) is 23.6 Å². The van der Waals surface area contributed by atoms with Crippen molar-refractivity contribution in [3.8, 4) is 5.69 Å². The zero-order valence-corrected chi connectivity index (χ0v) is 12.7. The molecule has 1 amide bonds. The zero-order valence-electron chi connectivity index (χ0n) is 12.7. The Morgan fingerprint density at radius 2 is 2.09 bits per heavy atom. The standard InChI is InChI=1S/C16H16N6O/c1-2-21-15(17-10-19-21)12-8-14(23)20-16-13(12)9-18-22(16)11-6-4-3-5-7-11/h3-7,9-10,12H,2,8H2,1H3,(H,20,23). The number of nitrogens with zero attached hydrogens (tertiary/aromatic N) is 5. The predicted octanol–water partition coefficient (Wildman–Crippen LogP) is 1.96. The van der Waals surface area contributed by atoms with Crippen molar-refractivity contribution in [2.45, 2.75) is 25.8 Å². The molecule has 1 N–H and O–H groups in total. The zero-order chi connectivity index (χ0) is 15.8. The van der Waals surface area contributed by atoms with Gasteiger partial charge in [-0.3, -0.25) is 4.79 Å². The van der Waals surface area contributed by atoms with Crippen LogP contribution in [-0.4, -0.2) is 30.5 Å². The number of amides is 1. The Kier molecular flexibility index (Phi) is 3.18. The fraction of sp³-hybridized carbons (Fsp3) is 0.250. The van der Waals surface area contributed by atoms with Crippen molar-refractivity contribution < 1.29 is 4.79 Å². The molecule has 2 aromatic heterocycles. The van der Waals surface area contributed by atoms with E-state index >= 15 is 0 Å². The van der Waals surface area contributed by atoms with E-state index in [4.69, 9.17) is 0 Å². The Labute approximate surface area is 133 Å². The third-order valence-corrected chi connectivity index (χ3v) is 4.08. The van der Waals surface area contributed by atoms with Crippen LogP contribution in [0.15, 0.2) is 42.9 Å². The van der Waals surface area contributed by atoms with Crippen LogP contribution in [0.25, 0.3) is 5.69 Å². The molecule has 116 valence electrons. The van der Waals surface area contributed by atoms with Crippen LogP contribution in [0.3, 0.4) is 0 Å². The first-order chi connectivity index (χ1) is 11.3. The summed E-state index contributed by atoms with van der Waals surface area (Å²) in [5.74, 6) is 1.35. The van der Waals surface area contributed by atoms with Gasteiger partial charge in [0.25, 0.3) is 0 Å². The first-order valence-corrected chi connectivity index (χ1v) is 7.58. The number of hydrogen-bond acceptors (Lipinski definition) is 4. The SMILES string of the molecule is CCn1ncnc1C1CC(=O)Nc2c1cnn2-c1ccccc1. The van der Waals surface area contributed by atoms with Gasteiger partial charge in [0.2, 0.25) is 5.91 Å². The number of rotatable bonds is 3. The number of anilines is 1. The van der Waals surface area contributed by atoms with E-state index in [1.54, 1.807) is 10.9 Å². The summed E-state index contributed by atoms with van der Waals surface area (Å²) in [7, 11) is 0. The smallest absolute Gasteiger partial charge is 0.226 e. The van der Waals surface area contributed by atoms with E-state index in [2.05, 4.69) is 20.5 Å². The normalized spacial score (nSPS) is 16.9. The number of carbonyl (C=O) groups excluding carboxylic acids is 1. The average Bonchev–Trinajstić information content (AvgIpc) is 3.21. The number of aryl methyl sites for hydroxylation is 1. The maximum Gasteiger partial charge on any atom is 0.226 e. The molecule has 0 saturated carbocycles. The molecule has 7 heteroatoms. The van der Waals surface area contributed by atoms with E-state index in [1.165, 1.54) is 6.33 Å². The highest BCUT2D eigenvalue weighted by Crippen LogP contribution is 2.37. The van der Waals surface area contributed by atoms with Gasteiger partial charge in [-0.1, -0.05) is 18.2 Å². The number of benzene rings is 1. The summed E-state index contributed by atoms with van der Waals surface area (Å²) in [6.45, 7) is 2.73. The van der Waals surface area contributed by atoms with Gasteiger partial charge >= 0.3 is 0 Å². The van der Waals surface area contributed by atoms with Gasteiger partial charge in [-0.05, 0) is 19.1 Å². The lowest BCUT2D eigenvalue weighted by atomic mass is 9.93. The van der Waals surface area contributed by atoms with E-state index in [0.29, 0.717) is 12.2 Å². The first-order valence-electron chi connectivity index (χ1n) is 7.58. The van der Waals surface area contributed by atoms with Crippen molar-refractivity contribution in [2.24, 2.45) is 0 Å². The molecule has 7 nitrogen and oxygen atoms in total. The lowest BCUT2D eigenvalue weighted by molar-refractivity contribution is -0.116. The first kappa shape index (κ1) is 13.7. The van der Waals surface area contributed by atoms with Crippen molar-refractivity contribution in [3.63, 3.8) is 0 Å². The van der Waals surface area contributed by atoms with Crippen molar-refractivity contribution >= 4 is 11.7 Å². The van der Waals surface area contributed by atoms with E-state index in [9.17, 15) is 4.79 Å². The summed E-state index contributed by atoms with van der Waals surface area (Å²) in [6, 6.07) is 9.75. The molecule has 0 saturated heterocycles. The third-order valence-electron chi connectivity index (χ3n) is 4.08. The van der Waals surface area contributed by atoms with Crippen molar-refractivity contribution in [2.75, 3.05) is 5.32 Å². The highest BCUT2D eigenvalue weighted by Gasteiger charge is 2.33. The van der Waals surface area contributed by atoms with Gasteiger partial charge < -0.3 is 5.32 Å². The fourth-order valence-corrected chi connectivity index (χ4v) is 3.00. The van der Waals surface area contributed by atoms with Crippen molar-refractivity contribution in [1.82, 2.24) is 24.5 Å². The Balaban J connectivity index is 1.83. The number of fused-ring (bicyclic) bond motifs is 1. The molecule has 1 atom stereocenters. The Hall–Kier alpha value is -2.96. The van der Waals surface area contributed by atoms with Crippen molar-refractivity contribution in [1.29, 1.82) is 0 Å². The Bertz CT molecular complexity index is 851. The minimum Gasteiger partial charge on any atom is -0.310 e. The van der Waals surface area contributed by atoms with Crippen LogP contribution in [0, 0.1) is 0 Å². The quantitative estimate of drug-likeness (QED) is 0.802. The molecule has 0 radical (unpaired) electrons. The summed E-state index contributed by atoms with van der Waals surface area (Å²) in [4.78, 5) is 16.6. The maximum absolute atomic E-state index is 12.2. The van der Waals surface area contributed by atoms with Gasteiger partial charge in [0.15, 0.2) is 0 Å². The second-order valence-corrected chi connectivity index (χ2v) is 5.43. The van der Waals surface area contributed by atoms with Crippen LogP contribution in [-0.2, 0) is 11.3 Å². The number of nitrogens with one attached hydrogen (secondary N) is 1. The van der Waals surface area contributed by atoms with Gasteiger partial charge in [-0.2, -0.15) is 10.2 Å². The molecule has 23 heavy (non-hydrogen) atoms. The Morgan fingerprint density at radius 1 is 1.26 bits per heavy atom. The number of para-hydroxylation sites is 1. The Morgan fingerprint density at radius 3 is 2.87 bits per heavy atom. The topological polar surface area (TPSA) is 77.6 Å². The summed E-state index contributed by atoms with van der Waals surface area (Å²) in [6.07, 6.45) is 3.69. The molecular formula is C16H16N6O. The monoisotopic (exact) mass is 308 g/mol. The van der Waals surface area contributed by atoms with Crippen LogP contribution < -0.4 is 5.32 Å². The molecule has 4 rings (SSSR count). The predicted molar refractivity (Wildman–Crippen MR) is 84.3 cm³/mol. The second kappa shape index (κ2) is 5.35. The number of hydrogen-bond donors (Lipinski definition) is 1. The van der Waals surface area contributed by atoms with Crippen molar-refractivity contribution in [3.05, 3.63) is 54.2 Å². The summed E-state index contributed by atoms with van der Waals surface area (Å²) >= 11 is 0. The largest absolute Gasteiger partial charge is 0.310 e. The fourth-order valence-electron chi connectivity index (χ4n) is 3.00. The summed E-state index contributed by atoms with van der Waals surface area (Å²) in [5.41, 5.74) is 1.88.